The molecule has 22 heavy (non-hydrogen) atoms. The van der Waals surface area contributed by atoms with Crippen LogP contribution in [0.2, 0.25) is 0 Å². The lowest BCUT2D eigenvalue weighted by Gasteiger charge is -2.26. The summed E-state index contributed by atoms with van der Waals surface area (Å²) < 4.78 is 0. The van der Waals surface area contributed by atoms with Crippen molar-refractivity contribution >= 4 is 16.7 Å². The minimum atomic E-state index is 0.161. The molecule has 2 aromatic carbocycles. The molecule has 3 heteroatoms. The molecule has 0 aromatic heterocycles. The molecular weight excluding hydrogens is 272 g/mol. The van der Waals surface area contributed by atoms with Gasteiger partial charge < -0.3 is 11.1 Å². The van der Waals surface area contributed by atoms with E-state index < -0.39 is 0 Å². The van der Waals surface area contributed by atoms with Crippen molar-refractivity contribution in [2.45, 2.75) is 50.6 Å². The predicted octanol–water partition coefficient (Wildman–Crippen LogP) is 3.16. The Bertz CT molecular complexity index is 645. The summed E-state index contributed by atoms with van der Waals surface area (Å²) in [5.74, 6) is 0.161. The SMILES string of the molecule is NC1CCC(NC(=O)CCc2ccc3ccccc3c2)CC1. The van der Waals surface area contributed by atoms with Gasteiger partial charge in [-0.1, -0.05) is 42.5 Å². The lowest BCUT2D eigenvalue weighted by molar-refractivity contribution is -0.122. The van der Waals surface area contributed by atoms with E-state index in [2.05, 4.69) is 35.6 Å². The molecule has 1 amide bonds. The van der Waals surface area contributed by atoms with Gasteiger partial charge in [0.05, 0.1) is 0 Å². The number of nitrogens with two attached hydrogens (primary N) is 1. The first-order chi connectivity index (χ1) is 10.7. The van der Waals surface area contributed by atoms with E-state index in [0.717, 1.165) is 32.1 Å². The van der Waals surface area contributed by atoms with Gasteiger partial charge in [-0.05, 0) is 48.4 Å². The molecule has 0 saturated heterocycles. The number of amides is 1. The minimum Gasteiger partial charge on any atom is -0.353 e. The first-order valence-electron chi connectivity index (χ1n) is 8.23. The Balaban J connectivity index is 1.51. The summed E-state index contributed by atoms with van der Waals surface area (Å²) in [6.45, 7) is 0. The molecule has 0 spiro atoms. The number of nitrogens with one attached hydrogen (secondary N) is 1. The predicted molar refractivity (Wildman–Crippen MR) is 90.6 cm³/mol. The van der Waals surface area contributed by atoms with Crippen molar-refractivity contribution in [3.8, 4) is 0 Å². The monoisotopic (exact) mass is 296 g/mol. The molecule has 0 heterocycles. The van der Waals surface area contributed by atoms with Crippen LogP contribution in [0, 0.1) is 0 Å². The van der Waals surface area contributed by atoms with E-state index in [4.69, 9.17) is 5.73 Å². The van der Waals surface area contributed by atoms with E-state index in [1.807, 2.05) is 12.1 Å². The molecular formula is C19H24N2O. The van der Waals surface area contributed by atoms with Gasteiger partial charge in [0, 0.05) is 18.5 Å². The fourth-order valence-electron chi connectivity index (χ4n) is 3.22. The van der Waals surface area contributed by atoms with Crippen molar-refractivity contribution in [2.75, 3.05) is 0 Å². The van der Waals surface area contributed by atoms with Gasteiger partial charge in [0.2, 0.25) is 5.91 Å². The van der Waals surface area contributed by atoms with Crippen molar-refractivity contribution in [3.05, 3.63) is 48.0 Å². The maximum absolute atomic E-state index is 12.1. The summed E-state index contributed by atoms with van der Waals surface area (Å²) in [7, 11) is 0. The van der Waals surface area contributed by atoms with Gasteiger partial charge in [0.1, 0.15) is 0 Å². The molecule has 116 valence electrons. The Morgan fingerprint density at radius 2 is 1.77 bits per heavy atom. The molecule has 0 unspecified atom stereocenters. The first kappa shape index (κ1) is 15.0. The van der Waals surface area contributed by atoms with Crippen molar-refractivity contribution < 1.29 is 4.79 Å². The Morgan fingerprint density at radius 1 is 1.05 bits per heavy atom. The number of hydrogen-bond acceptors (Lipinski definition) is 2. The molecule has 1 aliphatic rings. The standard InChI is InChI=1S/C19H24N2O/c20-17-8-10-18(11-9-17)21-19(22)12-6-14-5-7-15-3-1-2-4-16(15)13-14/h1-5,7,13,17-18H,6,8-12,20H2,(H,21,22). The summed E-state index contributed by atoms with van der Waals surface area (Å²) in [5, 5.41) is 5.63. The van der Waals surface area contributed by atoms with Crippen LogP contribution >= 0.6 is 0 Å². The second-order valence-electron chi connectivity index (χ2n) is 6.36. The average molecular weight is 296 g/mol. The Labute approximate surface area is 131 Å². The third kappa shape index (κ3) is 3.86. The van der Waals surface area contributed by atoms with Crippen LogP contribution in [0.15, 0.2) is 42.5 Å². The zero-order valence-electron chi connectivity index (χ0n) is 12.9. The van der Waals surface area contributed by atoms with E-state index in [1.54, 1.807) is 0 Å². The third-order valence-corrected chi connectivity index (χ3v) is 4.59. The van der Waals surface area contributed by atoms with Crippen LogP contribution in [-0.2, 0) is 11.2 Å². The zero-order chi connectivity index (χ0) is 15.4. The van der Waals surface area contributed by atoms with Crippen LogP contribution in [0.4, 0.5) is 0 Å². The van der Waals surface area contributed by atoms with E-state index in [-0.39, 0.29) is 5.91 Å². The highest BCUT2D eigenvalue weighted by atomic mass is 16.1. The van der Waals surface area contributed by atoms with Crippen LogP contribution in [0.3, 0.4) is 0 Å². The van der Waals surface area contributed by atoms with Gasteiger partial charge >= 0.3 is 0 Å². The number of hydrogen-bond donors (Lipinski definition) is 2. The van der Waals surface area contributed by atoms with Gasteiger partial charge in [-0.15, -0.1) is 0 Å². The topological polar surface area (TPSA) is 55.1 Å². The second-order valence-corrected chi connectivity index (χ2v) is 6.36. The lowest BCUT2D eigenvalue weighted by atomic mass is 9.91. The summed E-state index contributed by atoms with van der Waals surface area (Å²) in [5.41, 5.74) is 7.12. The van der Waals surface area contributed by atoms with Crippen LogP contribution < -0.4 is 11.1 Å². The highest BCUT2D eigenvalue weighted by Crippen LogP contribution is 2.18. The molecule has 3 rings (SSSR count). The number of aryl methyl sites for hydroxylation is 1. The van der Waals surface area contributed by atoms with E-state index >= 15 is 0 Å². The molecule has 0 atom stereocenters. The minimum absolute atomic E-state index is 0.161. The van der Waals surface area contributed by atoms with Gasteiger partial charge in [0.15, 0.2) is 0 Å². The van der Waals surface area contributed by atoms with Gasteiger partial charge in [-0.2, -0.15) is 0 Å². The average Bonchev–Trinajstić information content (AvgIpc) is 2.55. The summed E-state index contributed by atoms with van der Waals surface area (Å²) >= 11 is 0. The second kappa shape index (κ2) is 6.93. The largest absolute Gasteiger partial charge is 0.353 e. The molecule has 3 N–H and O–H groups in total. The highest BCUT2D eigenvalue weighted by Gasteiger charge is 2.19. The smallest absolute Gasteiger partial charge is 0.220 e. The van der Waals surface area contributed by atoms with Crippen molar-refractivity contribution in [3.63, 3.8) is 0 Å². The molecule has 2 aromatic rings. The number of fused-ring (bicyclic) bond motifs is 1. The summed E-state index contributed by atoms with van der Waals surface area (Å²) in [6, 6.07) is 15.4. The van der Waals surface area contributed by atoms with E-state index in [9.17, 15) is 4.79 Å². The summed E-state index contributed by atoms with van der Waals surface area (Å²) in [4.78, 5) is 12.1. The molecule has 1 saturated carbocycles. The summed E-state index contributed by atoms with van der Waals surface area (Å²) in [6.07, 6.45) is 5.43. The fourth-order valence-corrected chi connectivity index (χ4v) is 3.22. The van der Waals surface area contributed by atoms with Crippen molar-refractivity contribution in [2.24, 2.45) is 5.73 Å². The van der Waals surface area contributed by atoms with Crippen LogP contribution in [0.1, 0.15) is 37.7 Å². The maximum atomic E-state index is 12.1. The van der Waals surface area contributed by atoms with Gasteiger partial charge in [-0.3, -0.25) is 4.79 Å². The highest BCUT2D eigenvalue weighted by molar-refractivity contribution is 5.83. The number of rotatable bonds is 4. The first-order valence-corrected chi connectivity index (χ1v) is 8.23. The number of carbonyl (C=O) groups excluding carboxylic acids is 1. The maximum Gasteiger partial charge on any atom is 0.220 e. The molecule has 1 aliphatic carbocycles. The fraction of sp³-hybridized carbons (Fsp3) is 0.421. The van der Waals surface area contributed by atoms with Crippen LogP contribution in [0.25, 0.3) is 10.8 Å². The molecule has 0 bridgehead atoms. The molecule has 0 aliphatic heterocycles. The lowest BCUT2D eigenvalue weighted by Crippen LogP contribution is -2.40. The Kier molecular flexibility index (Phi) is 4.74. The number of carbonyl (C=O) groups is 1. The Hall–Kier alpha value is -1.87. The quantitative estimate of drug-likeness (QED) is 0.910. The Morgan fingerprint density at radius 3 is 2.55 bits per heavy atom. The molecule has 1 fully saturated rings. The zero-order valence-corrected chi connectivity index (χ0v) is 12.9. The van der Waals surface area contributed by atoms with Crippen molar-refractivity contribution in [1.29, 1.82) is 0 Å². The van der Waals surface area contributed by atoms with E-state index in [1.165, 1.54) is 16.3 Å². The van der Waals surface area contributed by atoms with Crippen LogP contribution in [0.5, 0.6) is 0 Å². The van der Waals surface area contributed by atoms with E-state index in [0.29, 0.717) is 18.5 Å². The molecule has 0 radical (unpaired) electrons. The van der Waals surface area contributed by atoms with Gasteiger partial charge in [-0.25, -0.2) is 0 Å². The van der Waals surface area contributed by atoms with Crippen LogP contribution in [-0.4, -0.2) is 18.0 Å². The normalized spacial score (nSPS) is 21.7. The van der Waals surface area contributed by atoms with Crippen molar-refractivity contribution in [1.82, 2.24) is 5.32 Å². The third-order valence-electron chi connectivity index (χ3n) is 4.59. The van der Waals surface area contributed by atoms with Gasteiger partial charge in [0.25, 0.3) is 0 Å². The molecule has 3 nitrogen and oxygen atoms in total. The number of benzene rings is 2.